The first-order chi connectivity index (χ1) is 9.29. The van der Waals surface area contributed by atoms with Crippen LogP contribution in [0, 0.1) is 0 Å². The van der Waals surface area contributed by atoms with E-state index in [1.165, 1.54) is 46.7 Å². The molecule has 0 spiro atoms. The molecule has 2 aromatic rings. The van der Waals surface area contributed by atoms with Crippen LogP contribution in [0.3, 0.4) is 0 Å². The molecule has 0 fully saturated rings. The smallest absolute Gasteiger partial charge is 0.0177 e. The molecule has 0 bridgehead atoms. The summed E-state index contributed by atoms with van der Waals surface area (Å²) in [4.78, 5) is 0. The van der Waals surface area contributed by atoms with Crippen LogP contribution in [0.4, 0.5) is 0 Å². The zero-order valence-electron chi connectivity index (χ0n) is 11.3. The average Bonchev–Trinajstić information content (AvgIpc) is 2.46. The van der Waals surface area contributed by atoms with Gasteiger partial charge in [-0.25, -0.2) is 0 Å². The predicted octanol–water partition coefficient (Wildman–Crippen LogP) is 5.23. The van der Waals surface area contributed by atoms with Gasteiger partial charge in [0.15, 0.2) is 0 Å². The van der Waals surface area contributed by atoms with Gasteiger partial charge in [0.1, 0.15) is 0 Å². The molecule has 0 saturated heterocycles. The third-order valence-corrected chi connectivity index (χ3v) is 4.88. The van der Waals surface area contributed by atoms with Crippen LogP contribution < -0.4 is 0 Å². The summed E-state index contributed by atoms with van der Waals surface area (Å²) in [6.07, 6.45) is 10.9. The zero-order chi connectivity index (χ0) is 12.9. The van der Waals surface area contributed by atoms with Crippen LogP contribution in [-0.4, -0.2) is 0 Å². The van der Waals surface area contributed by atoms with Crippen LogP contribution >= 0.6 is 0 Å². The van der Waals surface area contributed by atoms with Crippen molar-refractivity contribution in [1.82, 2.24) is 0 Å². The fourth-order valence-corrected chi connectivity index (χ4v) is 3.75. The molecule has 1 unspecified atom stereocenters. The predicted molar refractivity (Wildman–Crippen MR) is 82.3 cm³/mol. The number of rotatable bonds is 0. The topological polar surface area (TPSA) is 0 Å². The molecule has 4 rings (SSSR count). The second kappa shape index (κ2) is 3.84. The number of allylic oxidation sites excluding steroid dienone is 3. The Labute approximate surface area is 114 Å². The van der Waals surface area contributed by atoms with E-state index in [2.05, 4.69) is 61.5 Å². The quantitative estimate of drug-likeness (QED) is 0.596. The van der Waals surface area contributed by atoms with Crippen molar-refractivity contribution in [3.05, 3.63) is 65.3 Å². The fourth-order valence-electron chi connectivity index (χ4n) is 3.75. The largest absolute Gasteiger partial charge is 0.0804 e. The van der Waals surface area contributed by atoms with Crippen molar-refractivity contribution in [1.29, 1.82) is 0 Å². The molecule has 0 saturated carbocycles. The summed E-state index contributed by atoms with van der Waals surface area (Å²) < 4.78 is 0. The normalized spacial score (nSPS) is 24.8. The molecule has 19 heavy (non-hydrogen) atoms. The highest BCUT2D eigenvalue weighted by atomic mass is 14.4. The van der Waals surface area contributed by atoms with Gasteiger partial charge in [-0.2, -0.15) is 0 Å². The number of hydrogen-bond donors (Lipinski definition) is 0. The van der Waals surface area contributed by atoms with Crippen molar-refractivity contribution in [2.75, 3.05) is 0 Å². The summed E-state index contributed by atoms with van der Waals surface area (Å²) >= 11 is 0. The van der Waals surface area contributed by atoms with Crippen molar-refractivity contribution in [3.8, 4) is 0 Å². The zero-order valence-corrected chi connectivity index (χ0v) is 11.3. The van der Waals surface area contributed by atoms with Gasteiger partial charge in [-0.15, -0.1) is 0 Å². The van der Waals surface area contributed by atoms with E-state index in [1.807, 2.05) is 0 Å². The molecule has 2 aliphatic carbocycles. The maximum Gasteiger partial charge on any atom is 0.0177 e. The van der Waals surface area contributed by atoms with Crippen LogP contribution in [0.15, 0.2) is 54.1 Å². The second-order valence-corrected chi connectivity index (χ2v) is 5.97. The Morgan fingerprint density at radius 2 is 1.89 bits per heavy atom. The molecule has 94 valence electrons. The highest BCUT2D eigenvalue weighted by molar-refractivity contribution is 5.94. The summed E-state index contributed by atoms with van der Waals surface area (Å²) in [5, 5.41) is 2.74. The van der Waals surface area contributed by atoms with Crippen LogP contribution in [-0.2, 0) is 5.41 Å². The van der Waals surface area contributed by atoms with Crippen molar-refractivity contribution in [2.24, 2.45) is 0 Å². The Hall–Kier alpha value is -1.82. The molecular weight excluding hydrogens is 228 g/mol. The van der Waals surface area contributed by atoms with Gasteiger partial charge in [0.25, 0.3) is 0 Å². The van der Waals surface area contributed by atoms with Gasteiger partial charge >= 0.3 is 0 Å². The van der Waals surface area contributed by atoms with Crippen molar-refractivity contribution in [3.63, 3.8) is 0 Å². The van der Waals surface area contributed by atoms with Crippen LogP contribution in [0.2, 0.25) is 0 Å². The molecule has 0 aliphatic heterocycles. The minimum atomic E-state index is 0.229. The van der Waals surface area contributed by atoms with Gasteiger partial charge in [0.05, 0.1) is 0 Å². The molecule has 2 aliphatic rings. The van der Waals surface area contributed by atoms with Gasteiger partial charge in [0, 0.05) is 5.41 Å². The Kier molecular flexibility index (Phi) is 2.23. The lowest BCUT2D eigenvalue weighted by molar-refractivity contribution is 0.473. The van der Waals surface area contributed by atoms with Crippen LogP contribution in [0.25, 0.3) is 16.8 Å². The summed E-state index contributed by atoms with van der Waals surface area (Å²) in [6, 6.07) is 13.3. The summed E-state index contributed by atoms with van der Waals surface area (Å²) in [5.41, 5.74) is 4.69. The first kappa shape index (κ1) is 11.0. The molecule has 0 nitrogen and oxygen atoms in total. The van der Waals surface area contributed by atoms with E-state index in [-0.39, 0.29) is 5.41 Å². The van der Waals surface area contributed by atoms with Gasteiger partial charge in [-0.1, -0.05) is 61.5 Å². The summed E-state index contributed by atoms with van der Waals surface area (Å²) in [6.45, 7) is 2.41. The highest BCUT2D eigenvalue weighted by Crippen LogP contribution is 2.47. The Morgan fingerprint density at radius 3 is 2.84 bits per heavy atom. The van der Waals surface area contributed by atoms with Gasteiger partial charge < -0.3 is 0 Å². The van der Waals surface area contributed by atoms with Crippen LogP contribution in [0.5, 0.6) is 0 Å². The van der Waals surface area contributed by atoms with E-state index in [0.29, 0.717) is 0 Å². The van der Waals surface area contributed by atoms with E-state index >= 15 is 0 Å². The fraction of sp³-hybridized carbons (Fsp3) is 0.263. The van der Waals surface area contributed by atoms with E-state index < -0.39 is 0 Å². The minimum Gasteiger partial charge on any atom is -0.0804 e. The van der Waals surface area contributed by atoms with E-state index in [1.54, 1.807) is 0 Å². The molecule has 0 N–H and O–H groups in total. The van der Waals surface area contributed by atoms with E-state index in [4.69, 9.17) is 0 Å². The molecule has 0 aromatic heterocycles. The summed E-state index contributed by atoms with van der Waals surface area (Å²) in [5.74, 6) is 0. The minimum absolute atomic E-state index is 0.229. The molecule has 0 heteroatoms. The molecule has 0 amide bonds. The Balaban J connectivity index is 2.07. The van der Waals surface area contributed by atoms with Crippen molar-refractivity contribution < 1.29 is 0 Å². The Bertz CT molecular complexity index is 718. The molecule has 0 heterocycles. The first-order valence-corrected chi connectivity index (χ1v) is 7.20. The lowest BCUT2D eigenvalue weighted by Crippen LogP contribution is -2.29. The SMILES string of the molecule is CC12CCCC=C1C=Cc1c2ccc2ccccc12. The molecule has 1 atom stereocenters. The second-order valence-electron chi connectivity index (χ2n) is 5.97. The van der Waals surface area contributed by atoms with Crippen molar-refractivity contribution >= 4 is 16.8 Å². The highest BCUT2D eigenvalue weighted by Gasteiger charge is 2.35. The standard InChI is InChI=1S/C19H18/c1-19-13-5-4-7-15(19)10-11-17-16-8-3-2-6-14(16)9-12-18(17)19/h2-3,6-12H,4-5,13H2,1H3. The number of benzene rings is 2. The van der Waals surface area contributed by atoms with E-state index in [9.17, 15) is 0 Å². The van der Waals surface area contributed by atoms with Gasteiger partial charge in [0.2, 0.25) is 0 Å². The lowest BCUT2D eigenvalue weighted by Gasteiger charge is -2.39. The first-order valence-electron chi connectivity index (χ1n) is 7.20. The van der Waals surface area contributed by atoms with Crippen molar-refractivity contribution in [2.45, 2.75) is 31.6 Å². The molecule has 0 radical (unpaired) electrons. The monoisotopic (exact) mass is 246 g/mol. The number of fused-ring (bicyclic) bond motifs is 5. The molecule has 2 aromatic carbocycles. The average molecular weight is 246 g/mol. The van der Waals surface area contributed by atoms with Gasteiger partial charge in [-0.3, -0.25) is 0 Å². The lowest BCUT2D eigenvalue weighted by atomic mass is 9.65. The third kappa shape index (κ3) is 1.46. The maximum atomic E-state index is 2.43. The van der Waals surface area contributed by atoms with Gasteiger partial charge in [-0.05, 0) is 46.7 Å². The Morgan fingerprint density at radius 1 is 1.00 bits per heavy atom. The third-order valence-electron chi connectivity index (χ3n) is 4.88. The molecular formula is C19H18. The number of hydrogen-bond acceptors (Lipinski definition) is 0. The maximum absolute atomic E-state index is 2.43. The van der Waals surface area contributed by atoms with E-state index in [0.717, 1.165) is 0 Å². The summed E-state index contributed by atoms with van der Waals surface area (Å²) in [7, 11) is 0. The van der Waals surface area contributed by atoms with Crippen LogP contribution in [0.1, 0.15) is 37.3 Å².